The van der Waals surface area contributed by atoms with E-state index in [1.165, 1.54) is 0 Å². The smallest absolute Gasteiger partial charge is 0.191 e. The van der Waals surface area contributed by atoms with Crippen LogP contribution in [0.2, 0.25) is 18.1 Å². The largest absolute Gasteiger partial charge is 0.417 e. The molecule has 0 spiro atoms. The Hall–Kier alpha value is 0.890. The van der Waals surface area contributed by atoms with Crippen LogP contribution in [0, 0.1) is 74.5 Å². The van der Waals surface area contributed by atoms with Gasteiger partial charge in [0.25, 0.3) is 0 Å². The Kier molecular flexibility index (Phi) is 24.8. The normalized spacial score (nSPS) is 17.2. The van der Waals surface area contributed by atoms with Crippen LogP contribution in [0.25, 0.3) is 0 Å². The summed E-state index contributed by atoms with van der Waals surface area (Å²) in [5.74, 6) is 0. The molecule has 1 N–H and O–H groups in total. The van der Waals surface area contributed by atoms with Crippen molar-refractivity contribution in [3.8, 4) is 0 Å². The molecule has 182 valence electrons. The Morgan fingerprint density at radius 2 is 1.19 bits per heavy atom. The first-order chi connectivity index (χ1) is 14.2. The summed E-state index contributed by atoms with van der Waals surface area (Å²) in [6.45, 7) is 14.0. The molecule has 1 unspecified atom stereocenters. The molecule has 2 rings (SSSR count). The zero-order valence-electron chi connectivity index (χ0n) is 20.0. The van der Waals surface area contributed by atoms with Crippen molar-refractivity contribution in [2.45, 2.75) is 64.8 Å². The van der Waals surface area contributed by atoms with Crippen molar-refractivity contribution >= 4 is 8.32 Å². The van der Waals surface area contributed by atoms with E-state index in [4.69, 9.17) is 23.1 Å². The molecule has 2 fully saturated rings. The van der Waals surface area contributed by atoms with Crippen LogP contribution in [0.1, 0.15) is 40.5 Å². The van der Waals surface area contributed by atoms with Gasteiger partial charge < -0.3 is 9.53 Å². The van der Waals surface area contributed by atoms with E-state index in [-0.39, 0.29) is 37.3 Å². The third-order valence-corrected chi connectivity index (χ3v) is 8.98. The minimum atomic E-state index is -4.94. The molecule has 0 amide bonds. The van der Waals surface area contributed by atoms with E-state index < -0.39 is 18.6 Å². The molecule has 2 saturated carbocycles. The molecule has 32 heavy (non-hydrogen) atoms. The fraction of sp³-hybridized carbons (Fsp3) is 0.478. The first-order valence-electron chi connectivity index (χ1n) is 10.1. The van der Waals surface area contributed by atoms with Crippen LogP contribution in [0.3, 0.4) is 0 Å². The van der Waals surface area contributed by atoms with E-state index in [0.717, 1.165) is 19.4 Å². The van der Waals surface area contributed by atoms with Crippen LogP contribution < -0.4 is 18.6 Å². The fourth-order valence-electron chi connectivity index (χ4n) is 1.63. The van der Waals surface area contributed by atoms with Crippen LogP contribution in [-0.2, 0) is 30.6 Å². The van der Waals surface area contributed by atoms with Crippen molar-refractivity contribution in [3.05, 3.63) is 76.4 Å². The minimum Gasteiger partial charge on any atom is -0.417 e. The maximum atomic E-state index is 9.33. The van der Waals surface area contributed by atoms with Crippen LogP contribution in [-0.4, -0.2) is 26.1 Å². The Bertz CT molecular complexity index is 400. The SMILES string of the molecule is CCC(O)/C=C/CCO[Si](C)(C)C(C)(C)C.[CH]1[CH][CH][CH][CH]1.[CH]1[CH][CH][CH][CH]1.[O-][Cl+3]([O-])([O-])[O-].[Zr]. The summed E-state index contributed by atoms with van der Waals surface area (Å²) in [6.07, 6.45) is 25.2. The van der Waals surface area contributed by atoms with Crippen molar-refractivity contribution in [2.24, 2.45) is 0 Å². The summed E-state index contributed by atoms with van der Waals surface area (Å²) in [4.78, 5) is 0. The van der Waals surface area contributed by atoms with Gasteiger partial charge >= 0.3 is 0 Å². The maximum Gasteiger partial charge on any atom is 0.191 e. The third-order valence-electron chi connectivity index (χ3n) is 4.44. The summed E-state index contributed by atoms with van der Waals surface area (Å²) in [5.41, 5.74) is 0. The van der Waals surface area contributed by atoms with Gasteiger partial charge in [0.2, 0.25) is 0 Å². The van der Waals surface area contributed by atoms with Crippen molar-refractivity contribution in [1.29, 1.82) is 0 Å². The van der Waals surface area contributed by atoms with Crippen LogP contribution in [0.5, 0.6) is 0 Å². The van der Waals surface area contributed by atoms with Gasteiger partial charge in [-0.2, -0.15) is 0 Å². The van der Waals surface area contributed by atoms with E-state index in [0.29, 0.717) is 0 Å². The minimum absolute atomic E-state index is 0. The maximum absolute atomic E-state index is 9.33. The average molecular weight is 565 g/mol. The van der Waals surface area contributed by atoms with Crippen molar-refractivity contribution < 1.29 is 64.6 Å². The molecule has 1 atom stereocenters. The van der Waals surface area contributed by atoms with E-state index in [1.54, 1.807) is 0 Å². The molecule has 0 aliphatic heterocycles. The third kappa shape index (κ3) is 28.9. The summed E-state index contributed by atoms with van der Waals surface area (Å²) in [5, 5.41) is 9.60. The molecule has 2 aliphatic rings. The van der Waals surface area contributed by atoms with Gasteiger partial charge in [-0.1, -0.05) is 39.8 Å². The molecule has 2 aliphatic carbocycles. The number of aliphatic hydroxyl groups is 1. The molecule has 0 heterocycles. The first kappa shape index (κ1) is 37.4. The Labute approximate surface area is 219 Å². The number of rotatable bonds is 6. The molecular formula is C23H38ClO6SiZr-. The Morgan fingerprint density at radius 1 is 0.875 bits per heavy atom. The van der Waals surface area contributed by atoms with E-state index in [2.05, 4.69) is 33.9 Å². The van der Waals surface area contributed by atoms with Crippen LogP contribution >= 0.6 is 0 Å². The zero-order valence-corrected chi connectivity index (χ0v) is 24.2. The van der Waals surface area contributed by atoms with Crippen molar-refractivity contribution in [2.75, 3.05) is 6.61 Å². The molecule has 0 bridgehead atoms. The molecule has 0 aromatic carbocycles. The van der Waals surface area contributed by atoms with Gasteiger partial charge in [-0.3, -0.25) is 0 Å². The molecule has 6 nitrogen and oxygen atoms in total. The quantitative estimate of drug-likeness (QED) is 0.292. The number of hydrogen-bond acceptors (Lipinski definition) is 6. The number of aliphatic hydroxyl groups excluding tert-OH is 1. The Morgan fingerprint density at radius 3 is 1.44 bits per heavy atom. The zero-order chi connectivity index (χ0) is 24.4. The van der Waals surface area contributed by atoms with Gasteiger partial charge in [0.05, 0.1) is 6.10 Å². The van der Waals surface area contributed by atoms with Crippen molar-refractivity contribution in [1.82, 2.24) is 0 Å². The Balaban J connectivity index is -0.000000422. The van der Waals surface area contributed by atoms with Crippen molar-refractivity contribution in [3.63, 3.8) is 0 Å². The van der Waals surface area contributed by atoms with Crippen LogP contribution in [0.4, 0.5) is 0 Å². The average Bonchev–Trinajstić information content (AvgIpc) is 3.36. The summed E-state index contributed by atoms with van der Waals surface area (Å²) in [6, 6.07) is 0. The van der Waals surface area contributed by atoms with Gasteiger partial charge in [0.1, 0.15) is 0 Å². The summed E-state index contributed by atoms with van der Waals surface area (Å²) >= 11 is 0. The van der Waals surface area contributed by atoms with Crippen LogP contribution in [0.15, 0.2) is 12.2 Å². The topological polar surface area (TPSA) is 122 Å². The molecular weight excluding hydrogens is 527 g/mol. The second-order valence-corrected chi connectivity index (χ2v) is 13.7. The van der Waals surface area contributed by atoms with Gasteiger partial charge in [0.15, 0.2) is 8.32 Å². The molecule has 10 radical (unpaired) electrons. The molecule has 0 saturated heterocycles. The molecule has 0 aromatic rings. The second kappa shape index (κ2) is 21.2. The monoisotopic (exact) mass is 563 g/mol. The van der Waals surface area contributed by atoms with E-state index in [9.17, 15) is 5.11 Å². The molecule has 9 heteroatoms. The van der Waals surface area contributed by atoms with Gasteiger partial charge in [-0.05, 0) is 95.2 Å². The number of hydrogen-bond donors (Lipinski definition) is 1. The van der Waals surface area contributed by atoms with Gasteiger partial charge in [0, 0.05) is 32.8 Å². The van der Waals surface area contributed by atoms with Gasteiger partial charge in [-0.25, -0.2) is 18.6 Å². The standard InChI is InChI=1S/C13H28O2Si.2C5H5.ClHO4.Zr/c1-7-12(14)10-8-9-11-15-16(5,6)13(2,3)4;2*1-2-4-5-3-1;2-1(3,4)5;/h8,10,12,14H,7,9,11H2,1-6H3;2*1-5H;(H,2,3,4,5);/p-1/b10-8+;;;;. The van der Waals surface area contributed by atoms with E-state index in [1.807, 2.05) is 83.3 Å². The number of halogens is 1. The molecule has 0 aromatic heterocycles. The van der Waals surface area contributed by atoms with Gasteiger partial charge in [-0.15, -0.1) is 10.2 Å². The first-order valence-corrected chi connectivity index (χ1v) is 14.3. The summed E-state index contributed by atoms with van der Waals surface area (Å²) in [7, 11) is -6.53. The predicted molar refractivity (Wildman–Crippen MR) is 116 cm³/mol. The fourth-order valence-corrected chi connectivity index (χ4v) is 2.69. The predicted octanol–water partition coefficient (Wildman–Crippen LogP) is 1.01. The summed E-state index contributed by atoms with van der Waals surface area (Å²) < 4.78 is 40.0. The van der Waals surface area contributed by atoms with E-state index >= 15 is 0 Å². The second-order valence-electron chi connectivity index (χ2n) is 8.10.